The number of hydrogen-bond acceptors (Lipinski definition) is 6. The molecule has 1 aliphatic rings. The zero-order chi connectivity index (χ0) is 18.4. The van der Waals surface area contributed by atoms with Gasteiger partial charge in [0.25, 0.3) is 11.6 Å². The third-order valence-electron chi connectivity index (χ3n) is 4.25. The van der Waals surface area contributed by atoms with E-state index in [9.17, 15) is 19.7 Å². The molecule has 8 nitrogen and oxygen atoms in total. The summed E-state index contributed by atoms with van der Waals surface area (Å²) in [6.07, 6.45) is 3.67. The minimum atomic E-state index is -1.00. The molecule has 1 aliphatic carbocycles. The molecule has 0 radical (unpaired) electrons. The van der Waals surface area contributed by atoms with Crippen molar-refractivity contribution in [2.45, 2.75) is 45.1 Å². The molecule has 0 aliphatic heterocycles. The fourth-order valence-electron chi connectivity index (χ4n) is 2.80. The van der Waals surface area contributed by atoms with Crippen molar-refractivity contribution in [1.82, 2.24) is 0 Å². The number of rotatable bonds is 6. The summed E-state index contributed by atoms with van der Waals surface area (Å²) in [5.41, 5.74) is -0.0229. The molecule has 8 heteroatoms. The van der Waals surface area contributed by atoms with Crippen LogP contribution in [-0.2, 0) is 14.3 Å². The third kappa shape index (κ3) is 4.91. The van der Waals surface area contributed by atoms with Crippen LogP contribution in [-0.4, -0.2) is 30.0 Å². The topological polar surface area (TPSA) is 108 Å². The Hall–Kier alpha value is -2.64. The van der Waals surface area contributed by atoms with Gasteiger partial charge in [0.05, 0.1) is 23.6 Å². The summed E-state index contributed by atoms with van der Waals surface area (Å²) in [5, 5.41) is 13.4. The number of nitrogens with one attached hydrogen (secondary N) is 1. The number of ether oxygens (including phenoxy) is 2. The number of anilines is 1. The molecule has 2 rings (SSSR count). The Kier molecular flexibility index (Phi) is 6.32. The van der Waals surface area contributed by atoms with E-state index in [2.05, 4.69) is 5.32 Å². The van der Waals surface area contributed by atoms with Crippen LogP contribution in [0.4, 0.5) is 11.4 Å². The summed E-state index contributed by atoms with van der Waals surface area (Å²) in [4.78, 5) is 34.7. The minimum Gasteiger partial charge on any atom is -0.495 e. The highest BCUT2D eigenvalue weighted by Gasteiger charge is 2.27. The molecule has 0 unspecified atom stereocenters. The Morgan fingerprint density at radius 3 is 2.56 bits per heavy atom. The van der Waals surface area contributed by atoms with Crippen LogP contribution in [0.15, 0.2) is 18.2 Å². The van der Waals surface area contributed by atoms with Gasteiger partial charge >= 0.3 is 5.97 Å². The lowest BCUT2D eigenvalue weighted by Crippen LogP contribution is -2.33. The van der Waals surface area contributed by atoms with Crippen LogP contribution in [0.2, 0.25) is 0 Å². The lowest BCUT2D eigenvalue weighted by atomic mass is 9.89. The molecule has 0 bridgehead atoms. The van der Waals surface area contributed by atoms with Gasteiger partial charge in [-0.2, -0.15) is 0 Å². The normalized spacial score (nSPS) is 15.9. The van der Waals surface area contributed by atoms with Crippen LogP contribution in [0, 0.1) is 16.0 Å². The van der Waals surface area contributed by atoms with Gasteiger partial charge in [-0.05, 0) is 25.8 Å². The van der Waals surface area contributed by atoms with E-state index in [1.54, 1.807) is 0 Å². The van der Waals surface area contributed by atoms with Crippen molar-refractivity contribution in [1.29, 1.82) is 0 Å². The molecule has 1 atom stereocenters. The number of benzene rings is 1. The minimum absolute atomic E-state index is 0.155. The number of non-ortho nitro benzene ring substituents is 1. The SMILES string of the molecule is COc1ccc([N+](=O)[O-])cc1NC(=O)[C@H](C)OC(=O)C1CCCCC1. The van der Waals surface area contributed by atoms with E-state index < -0.39 is 16.9 Å². The average molecular weight is 350 g/mol. The molecular formula is C17H22N2O6. The van der Waals surface area contributed by atoms with Crippen LogP contribution >= 0.6 is 0 Å². The van der Waals surface area contributed by atoms with Crippen LogP contribution in [0.3, 0.4) is 0 Å². The molecule has 1 fully saturated rings. The number of nitro groups is 1. The Morgan fingerprint density at radius 1 is 1.28 bits per heavy atom. The maximum absolute atomic E-state index is 12.3. The molecule has 1 amide bonds. The van der Waals surface area contributed by atoms with Gasteiger partial charge in [0.1, 0.15) is 5.75 Å². The molecule has 136 valence electrons. The van der Waals surface area contributed by atoms with Gasteiger partial charge in [-0.1, -0.05) is 19.3 Å². The number of amides is 1. The molecule has 1 saturated carbocycles. The van der Waals surface area contributed by atoms with Crippen molar-refractivity contribution >= 4 is 23.3 Å². The molecule has 0 heterocycles. The Balaban J connectivity index is 2.01. The highest BCUT2D eigenvalue weighted by Crippen LogP contribution is 2.29. The van der Waals surface area contributed by atoms with Gasteiger partial charge in [0.2, 0.25) is 0 Å². The van der Waals surface area contributed by atoms with E-state index in [0.717, 1.165) is 32.1 Å². The number of nitro benzene ring substituents is 1. The first kappa shape index (κ1) is 18.7. The highest BCUT2D eigenvalue weighted by atomic mass is 16.6. The van der Waals surface area contributed by atoms with Crippen LogP contribution in [0.1, 0.15) is 39.0 Å². The zero-order valence-electron chi connectivity index (χ0n) is 14.3. The number of nitrogens with zero attached hydrogens (tertiary/aromatic N) is 1. The Morgan fingerprint density at radius 2 is 1.96 bits per heavy atom. The van der Waals surface area contributed by atoms with Crippen molar-refractivity contribution in [2.75, 3.05) is 12.4 Å². The summed E-state index contributed by atoms with van der Waals surface area (Å²) in [7, 11) is 1.39. The number of methoxy groups -OCH3 is 1. The fourth-order valence-corrected chi connectivity index (χ4v) is 2.80. The molecule has 1 aromatic rings. The number of carbonyl (C=O) groups is 2. The van der Waals surface area contributed by atoms with E-state index in [4.69, 9.17) is 9.47 Å². The van der Waals surface area contributed by atoms with Crippen molar-refractivity contribution < 1.29 is 24.0 Å². The number of hydrogen-bond donors (Lipinski definition) is 1. The molecule has 0 spiro atoms. The lowest BCUT2D eigenvalue weighted by Gasteiger charge is -2.22. The first-order valence-electron chi connectivity index (χ1n) is 8.26. The maximum Gasteiger partial charge on any atom is 0.309 e. The van der Waals surface area contributed by atoms with Gasteiger partial charge in [0.15, 0.2) is 6.10 Å². The largest absolute Gasteiger partial charge is 0.495 e. The van der Waals surface area contributed by atoms with Crippen molar-refractivity contribution in [3.8, 4) is 5.75 Å². The Labute approximate surface area is 145 Å². The van der Waals surface area contributed by atoms with Crippen LogP contribution in [0.25, 0.3) is 0 Å². The van der Waals surface area contributed by atoms with E-state index in [-0.39, 0.29) is 29.0 Å². The summed E-state index contributed by atoms with van der Waals surface area (Å²) in [6, 6.07) is 3.87. The van der Waals surface area contributed by atoms with Gasteiger partial charge in [-0.15, -0.1) is 0 Å². The second-order valence-electron chi connectivity index (χ2n) is 6.04. The van der Waals surface area contributed by atoms with Crippen LogP contribution in [0.5, 0.6) is 5.75 Å². The van der Waals surface area contributed by atoms with Gasteiger partial charge in [-0.25, -0.2) is 0 Å². The predicted octanol–water partition coefficient (Wildman–Crippen LogP) is 3.05. The maximum atomic E-state index is 12.3. The number of esters is 1. The molecule has 1 aromatic carbocycles. The predicted molar refractivity (Wildman–Crippen MR) is 90.4 cm³/mol. The van der Waals surface area contributed by atoms with Crippen molar-refractivity contribution in [3.05, 3.63) is 28.3 Å². The second-order valence-corrected chi connectivity index (χ2v) is 6.04. The summed E-state index contributed by atoms with van der Waals surface area (Å²) < 4.78 is 10.3. The molecule has 1 N–H and O–H groups in total. The zero-order valence-corrected chi connectivity index (χ0v) is 14.3. The van der Waals surface area contributed by atoms with E-state index in [1.165, 1.54) is 32.2 Å². The smallest absolute Gasteiger partial charge is 0.309 e. The fraction of sp³-hybridized carbons (Fsp3) is 0.529. The first-order chi connectivity index (χ1) is 11.9. The van der Waals surface area contributed by atoms with Crippen molar-refractivity contribution in [2.24, 2.45) is 5.92 Å². The molecule has 0 aromatic heterocycles. The summed E-state index contributed by atoms with van der Waals surface area (Å²) in [6.45, 7) is 1.47. The summed E-state index contributed by atoms with van der Waals surface area (Å²) in [5.74, 6) is -0.808. The van der Waals surface area contributed by atoms with Crippen molar-refractivity contribution in [3.63, 3.8) is 0 Å². The van der Waals surface area contributed by atoms with Crippen LogP contribution < -0.4 is 10.1 Å². The van der Waals surface area contributed by atoms with Gasteiger partial charge < -0.3 is 14.8 Å². The van der Waals surface area contributed by atoms with E-state index >= 15 is 0 Å². The average Bonchev–Trinajstić information content (AvgIpc) is 2.62. The lowest BCUT2D eigenvalue weighted by molar-refractivity contribution is -0.384. The standard InChI is InChI=1S/C17H22N2O6/c1-11(25-17(21)12-6-4-3-5-7-12)16(20)18-14-10-13(19(22)23)8-9-15(14)24-2/h8-12H,3-7H2,1-2H3,(H,18,20)/t11-/m0/s1. The van der Waals surface area contributed by atoms with Gasteiger partial charge in [-0.3, -0.25) is 19.7 Å². The first-order valence-corrected chi connectivity index (χ1v) is 8.26. The Bertz CT molecular complexity index is 655. The summed E-state index contributed by atoms with van der Waals surface area (Å²) >= 11 is 0. The van der Waals surface area contributed by atoms with E-state index in [0.29, 0.717) is 0 Å². The quantitative estimate of drug-likeness (QED) is 0.480. The third-order valence-corrected chi connectivity index (χ3v) is 4.25. The molecule has 25 heavy (non-hydrogen) atoms. The highest BCUT2D eigenvalue weighted by molar-refractivity contribution is 5.96. The van der Waals surface area contributed by atoms with Gasteiger partial charge in [0, 0.05) is 12.1 Å². The van der Waals surface area contributed by atoms with E-state index in [1.807, 2.05) is 0 Å². The number of carbonyl (C=O) groups excluding carboxylic acids is 2. The molecular weight excluding hydrogens is 328 g/mol. The molecule has 0 saturated heterocycles. The monoisotopic (exact) mass is 350 g/mol. The second kappa shape index (κ2) is 8.46.